The summed E-state index contributed by atoms with van der Waals surface area (Å²) in [7, 11) is 1.64. The molecule has 1 unspecified atom stereocenters. The van der Waals surface area contributed by atoms with Crippen LogP contribution in [0.3, 0.4) is 0 Å². The predicted molar refractivity (Wildman–Crippen MR) is 115 cm³/mol. The summed E-state index contributed by atoms with van der Waals surface area (Å²) in [5, 5.41) is 7.10. The van der Waals surface area contributed by atoms with Crippen LogP contribution in [0.15, 0.2) is 72.8 Å². The van der Waals surface area contributed by atoms with E-state index in [1.54, 1.807) is 7.11 Å². The van der Waals surface area contributed by atoms with Crippen LogP contribution in [-0.4, -0.2) is 22.8 Å². The van der Waals surface area contributed by atoms with Gasteiger partial charge in [0.25, 0.3) is 0 Å². The van der Waals surface area contributed by atoms with Crippen LogP contribution in [0.1, 0.15) is 25.0 Å². The molecule has 5 heteroatoms. The molecule has 29 heavy (non-hydrogen) atoms. The summed E-state index contributed by atoms with van der Waals surface area (Å²) in [6.07, 6.45) is 0.603. The molecule has 4 rings (SSSR count). The van der Waals surface area contributed by atoms with Gasteiger partial charge >= 0.3 is 0 Å². The first kappa shape index (κ1) is 18.7. The highest BCUT2D eigenvalue weighted by atomic mass is 16.5. The van der Waals surface area contributed by atoms with Crippen molar-refractivity contribution < 1.29 is 9.53 Å². The van der Waals surface area contributed by atoms with Crippen LogP contribution in [0.25, 0.3) is 27.7 Å². The van der Waals surface area contributed by atoms with E-state index in [2.05, 4.69) is 24.3 Å². The summed E-state index contributed by atoms with van der Waals surface area (Å²) in [5.74, 6) is -0.0220. The van der Waals surface area contributed by atoms with Crippen LogP contribution in [0.5, 0.6) is 5.75 Å². The normalized spacial score (nSPS) is 12.1. The van der Waals surface area contributed by atoms with Crippen molar-refractivity contribution in [2.45, 2.75) is 19.3 Å². The van der Waals surface area contributed by atoms with Crippen molar-refractivity contribution in [2.24, 2.45) is 5.73 Å². The molecule has 0 bridgehead atoms. The number of amides is 1. The Kier molecular flexibility index (Phi) is 5.04. The van der Waals surface area contributed by atoms with Crippen molar-refractivity contribution in [1.82, 2.24) is 9.78 Å². The summed E-state index contributed by atoms with van der Waals surface area (Å²) >= 11 is 0. The minimum absolute atomic E-state index is 0.355. The SMILES string of the molecule is CCC(C(N)=O)c1cc(-c2cccc(OC)c2)nn1-c1ccc2ccccc2c1. The second-order valence-corrected chi connectivity index (χ2v) is 6.99. The van der Waals surface area contributed by atoms with Gasteiger partial charge in [-0.3, -0.25) is 4.79 Å². The summed E-state index contributed by atoms with van der Waals surface area (Å²) in [5.41, 5.74) is 9.08. The summed E-state index contributed by atoms with van der Waals surface area (Å²) in [6, 6.07) is 24.0. The van der Waals surface area contributed by atoms with E-state index in [1.807, 2.05) is 60.1 Å². The minimum Gasteiger partial charge on any atom is -0.497 e. The fourth-order valence-electron chi connectivity index (χ4n) is 3.64. The number of nitrogens with zero attached hydrogens (tertiary/aromatic N) is 2. The van der Waals surface area contributed by atoms with Gasteiger partial charge in [-0.1, -0.05) is 49.4 Å². The number of fused-ring (bicyclic) bond motifs is 1. The molecular weight excluding hydrogens is 362 g/mol. The van der Waals surface area contributed by atoms with Crippen molar-refractivity contribution in [1.29, 1.82) is 0 Å². The Balaban J connectivity index is 1.90. The fraction of sp³-hybridized carbons (Fsp3) is 0.167. The molecule has 3 aromatic carbocycles. The minimum atomic E-state index is -0.423. The Labute approximate surface area is 169 Å². The van der Waals surface area contributed by atoms with Crippen LogP contribution < -0.4 is 10.5 Å². The van der Waals surface area contributed by atoms with Gasteiger partial charge in [0.15, 0.2) is 0 Å². The van der Waals surface area contributed by atoms with E-state index in [0.29, 0.717) is 6.42 Å². The third-order valence-electron chi connectivity index (χ3n) is 5.19. The molecule has 0 saturated heterocycles. The predicted octanol–water partition coefficient (Wildman–Crippen LogP) is 4.68. The number of benzene rings is 3. The average Bonchev–Trinajstić information content (AvgIpc) is 3.18. The van der Waals surface area contributed by atoms with Crippen LogP contribution in [0, 0.1) is 0 Å². The van der Waals surface area contributed by atoms with Crippen molar-refractivity contribution in [3.63, 3.8) is 0 Å². The molecule has 5 nitrogen and oxygen atoms in total. The van der Waals surface area contributed by atoms with Crippen LogP contribution in [-0.2, 0) is 4.79 Å². The second-order valence-electron chi connectivity index (χ2n) is 6.99. The average molecular weight is 385 g/mol. The van der Waals surface area contributed by atoms with E-state index < -0.39 is 5.92 Å². The van der Waals surface area contributed by atoms with Gasteiger partial charge in [-0.25, -0.2) is 4.68 Å². The maximum absolute atomic E-state index is 12.1. The molecule has 4 aromatic rings. The van der Waals surface area contributed by atoms with E-state index >= 15 is 0 Å². The Morgan fingerprint density at radius 1 is 1.03 bits per heavy atom. The molecule has 0 aliphatic rings. The maximum Gasteiger partial charge on any atom is 0.226 e. The molecule has 0 radical (unpaired) electrons. The molecule has 0 fully saturated rings. The smallest absolute Gasteiger partial charge is 0.226 e. The van der Waals surface area contributed by atoms with Crippen molar-refractivity contribution in [3.8, 4) is 22.7 Å². The molecule has 1 amide bonds. The first-order valence-corrected chi connectivity index (χ1v) is 9.63. The van der Waals surface area contributed by atoms with Gasteiger partial charge in [-0.2, -0.15) is 5.10 Å². The Morgan fingerprint density at radius 2 is 1.83 bits per heavy atom. The Bertz CT molecular complexity index is 1180. The second kappa shape index (κ2) is 7.80. The molecule has 2 N–H and O–H groups in total. The van der Waals surface area contributed by atoms with Crippen molar-refractivity contribution in [2.75, 3.05) is 7.11 Å². The zero-order valence-corrected chi connectivity index (χ0v) is 16.5. The molecule has 146 valence electrons. The molecule has 0 saturated carbocycles. The standard InChI is InChI=1S/C24H23N3O2/c1-3-21(24(25)28)23-15-22(18-9-6-10-20(14-18)29-2)26-27(23)19-12-11-16-7-4-5-8-17(16)13-19/h4-15,21H,3H2,1-2H3,(H2,25,28). The van der Waals surface area contributed by atoms with Gasteiger partial charge in [-0.05, 0) is 47.5 Å². The molecule has 0 aliphatic heterocycles. The largest absolute Gasteiger partial charge is 0.497 e. The van der Waals surface area contributed by atoms with Gasteiger partial charge in [0, 0.05) is 5.56 Å². The lowest BCUT2D eigenvalue weighted by atomic mass is 10.00. The van der Waals surface area contributed by atoms with Crippen molar-refractivity contribution in [3.05, 3.63) is 78.5 Å². The third kappa shape index (κ3) is 3.59. The van der Waals surface area contributed by atoms with Crippen LogP contribution in [0.4, 0.5) is 0 Å². The number of rotatable bonds is 6. The first-order valence-electron chi connectivity index (χ1n) is 9.63. The molecular formula is C24H23N3O2. The van der Waals surface area contributed by atoms with Gasteiger partial charge in [-0.15, -0.1) is 0 Å². The number of ether oxygens (including phenoxy) is 1. The number of aromatic nitrogens is 2. The highest BCUT2D eigenvalue weighted by molar-refractivity contribution is 5.85. The van der Waals surface area contributed by atoms with E-state index in [-0.39, 0.29) is 5.91 Å². The highest BCUT2D eigenvalue weighted by Gasteiger charge is 2.23. The molecule has 1 aromatic heterocycles. The number of carbonyl (C=O) groups excluding carboxylic acids is 1. The van der Waals surface area contributed by atoms with E-state index in [9.17, 15) is 4.79 Å². The lowest BCUT2D eigenvalue weighted by Gasteiger charge is -2.14. The molecule has 1 atom stereocenters. The first-order chi connectivity index (χ1) is 14.1. The van der Waals surface area contributed by atoms with E-state index in [4.69, 9.17) is 15.6 Å². The fourth-order valence-corrected chi connectivity index (χ4v) is 3.64. The summed E-state index contributed by atoms with van der Waals surface area (Å²) in [4.78, 5) is 12.1. The van der Waals surface area contributed by atoms with E-state index in [1.165, 1.54) is 0 Å². The summed E-state index contributed by atoms with van der Waals surface area (Å²) in [6.45, 7) is 1.96. The summed E-state index contributed by atoms with van der Waals surface area (Å²) < 4.78 is 7.18. The van der Waals surface area contributed by atoms with Crippen molar-refractivity contribution >= 4 is 16.7 Å². The zero-order valence-electron chi connectivity index (χ0n) is 16.5. The van der Waals surface area contributed by atoms with Gasteiger partial charge in [0.1, 0.15) is 5.75 Å². The number of methoxy groups -OCH3 is 1. The van der Waals surface area contributed by atoms with Crippen LogP contribution in [0.2, 0.25) is 0 Å². The lowest BCUT2D eigenvalue weighted by Crippen LogP contribution is -2.23. The lowest BCUT2D eigenvalue weighted by molar-refractivity contribution is -0.119. The van der Waals surface area contributed by atoms with Crippen LogP contribution >= 0.6 is 0 Å². The Morgan fingerprint density at radius 3 is 2.55 bits per heavy atom. The third-order valence-corrected chi connectivity index (χ3v) is 5.19. The number of nitrogens with two attached hydrogens (primary N) is 1. The number of primary amides is 1. The van der Waals surface area contributed by atoms with E-state index in [0.717, 1.165) is 39.2 Å². The zero-order chi connectivity index (χ0) is 20.4. The maximum atomic E-state index is 12.1. The van der Waals surface area contributed by atoms with Gasteiger partial charge < -0.3 is 10.5 Å². The number of hydrogen-bond acceptors (Lipinski definition) is 3. The Hall–Kier alpha value is -3.60. The van der Waals surface area contributed by atoms with Gasteiger partial charge in [0.05, 0.1) is 30.1 Å². The van der Waals surface area contributed by atoms with Gasteiger partial charge in [0.2, 0.25) is 5.91 Å². The number of hydrogen-bond donors (Lipinski definition) is 1. The highest BCUT2D eigenvalue weighted by Crippen LogP contribution is 2.30. The molecule has 0 aliphatic carbocycles. The quantitative estimate of drug-likeness (QED) is 0.524. The topological polar surface area (TPSA) is 70.1 Å². The monoisotopic (exact) mass is 385 g/mol. The molecule has 1 heterocycles. The molecule has 0 spiro atoms. The number of carbonyl (C=O) groups is 1.